The first-order chi connectivity index (χ1) is 6.59. The number of hydrogen-bond donors (Lipinski definition) is 1. The predicted molar refractivity (Wildman–Crippen MR) is 51.4 cm³/mol. The third kappa shape index (κ3) is 1.31. The fraction of sp³-hybridized carbons (Fsp3) is 0.600. The molecule has 1 aliphatic rings. The average Bonchev–Trinajstić information content (AvgIpc) is 2.39. The molecule has 0 saturated heterocycles. The highest BCUT2D eigenvalue weighted by atomic mass is 16.4. The van der Waals surface area contributed by atoms with E-state index >= 15 is 0 Å². The van der Waals surface area contributed by atoms with Crippen molar-refractivity contribution in [2.24, 2.45) is 5.92 Å². The molecule has 1 aromatic rings. The standard InChI is InChI=1S/C10H14N2O2/c1-6-3-4-12-8(5-6)11-7(2)9(12)10(13)14/h6H,3-5H2,1-2H3,(H,13,14). The highest BCUT2D eigenvalue weighted by molar-refractivity contribution is 5.87. The molecule has 2 rings (SSSR count). The maximum atomic E-state index is 11.0. The quantitative estimate of drug-likeness (QED) is 0.736. The summed E-state index contributed by atoms with van der Waals surface area (Å²) in [5.41, 5.74) is 1.01. The number of carbonyl (C=O) groups is 1. The number of aromatic nitrogens is 2. The summed E-state index contributed by atoms with van der Waals surface area (Å²) in [5, 5.41) is 9.02. The largest absolute Gasteiger partial charge is 0.477 e. The minimum atomic E-state index is -0.865. The number of nitrogens with zero attached hydrogens (tertiary/aromatic N) is 2. The molecule has 0 amide bonds. The first-order valence-corrected chi connectivity index (χ1v) is 4.89. The predicted octanol–water partition coefficient (Wildman–Crippen LogP) is 1.47. The van der Waals surface area contributed by atoms with Gasteiger partial charge in [0.05, 0.1) is 5.69 Å². The number of imidazole rings is 1. The fourth-order valence-corrected chi connectivity index (χ4v) is 2.06. The van der Waals surface area contributed by atoms with Crippen molar-refractivity contribution in [2.45, 2.75) is 33.2 Å². The van der Waals surface area contributed by atoms with Crippen molar-refractivity contribution in [3.05, 3.63) is 17.2 Å². The second-order valence-corrected chi connectivity index (χ2v) is 4.02. The van der Waals surface area contributed by atoms with Gasteiger partial charge in [-0.1, -0.05) is 6.92 Å². The van der Waals surface area contributed by atoms with Crippen molar-refractivity contribution in [2.75, 3.05) is 0 Å². The Balaban J connectivity index is 2.49. The van der Waals surface area contributed by atoms with Crippen molar-refractivity contribution in [1.29, 1.82) is 0 Å². The van der Waals surface area contributed by atoms with Gasteiger partial charge in [-0.05, 0) is 19.3 Å². The number of aryl methyl sites for hydroxylation is 1. The molecule has 14 heavy (non-hydrogen) atoms. The van der Waals surface area contributed by atoms with Crippen LogP contribution < -0.4 is 0 Å². The normalized spacial score (nSPS) is 20.6. The average molecular weight is 194 g/mol. The van der Waals surface area contributed by atoms with Crippen LogP contribution in [0.1, 0.15) is 35.4 Å². The lowest BCUT2D eigenvalue weighted by Crippen LogP contribution is -2.20. The molecule has 0 aliphatic carbocycles. The van der Waals surface area contributed by atoms with E-state index in [4.69, 9.17) is 5.11 Å². The van der Waals surface area contributed by atoms with Crippen LogP contribution in [0, 0.1) is 12.8 Å². The molecule has 4 nitrogen and oxygen atoms in total. The Morgan fingerprint density at radius 1 is 1.64 bits per heavy atom. The molecule has 1 N–H and O–H groups in total. The van der Waals surface area contributed by atoms with Crippen molar-refractivity contribution in [3.8, 4) is 0 Å². The summed E-state index contributed by atoms with van der Waals surface area (Å²) in [7, 11) is 0. The van der Waals surface area contributed by atoms with Gasteiger partial charge >= 0.3 is 5.97 Å². The molecule has 0 bridgehead atoms. The van der Waals surface area contributed by atoms with E-state index in [0.717, 1.165) is 25.2 Å². The van der Waals surface area contributed by atoms with Gasteiger partial charge in [0.2, 0.25) is 0 Å². The van der Waals surface area contributed by atoms with E-state index in [0.29, 0.717) is 17.3 Å². The van der Waals surface area contributed by atoms with E-state index in [1.165, 1.54) is 0 Å². The molecule has 76 valence electrons. The maximum absolute atomic E-state index is 11.0. The Kier molecular flexibility index (Phi) is 2.06. The van der Waals surface area contributed by atoms with Crippen LogP contribution in [0.5, 0.6) is 0 Å². The van der Waals surface area contributed by atoms with Crippen molar-refractivity contribution < 1.29 is 9.90 Å². The maximum Gasteiger partial charge on any atom is 0.354 e. The van der Waals surface area contributed by atoms with Gasteiger partial charge in [-0.25, -0.2) is 9.78 Å². The van der Waals surface area contributed by atoms with Crippen molar-refractivity contribution >= 4 is 5.97 Å². The molecule has 1 unspecified atom stereocenters. The van der Waals surface area contributed by atoms with Gasteiger partial charge in [0.15, 0.2) is 0 Å². The van der Waals surface area contributed by atoms with E-state index in [2.05, 4.69) is 11.9 Å². The molecular formula is C10H14N2O2. The third-order valence-electron chi connectivity index (χ3n) is 2.80. The smallest absolute Gasteiger partial charge is 0.354 e. The monoisotopic (exact) mass is 194 g/mol. The first-order valence-electron chi connectivity index (χ1n) is 4.89. The van der Waals surface area contributed by atoms with E-state index in [1.54, 1.807) is 6.92 Å². The molecule has 0 spiro atoms. The molecule has 0 fully saturated rings. The molecule has 1 aromatic heterocycles. The van der Waals surface area contributed by atoms with Crippen LogP contribution in [0.4, 0.5) is 0 Å². The van der Waals surface area contributed by atoms with Gasteiger partial charge in [0, 0.05) is 13.0 Å². The summed E-state index contributed by atoms with van der Waals surface area (Å²) >= 11 is 0. The number of rotatable bonds is 1. The van der Waals surface area contributed by atoms with Gasteiger partial charge in [-0.3, -0.25) is 0 Å². The van der Waals surface area contributed by atoms with Crippen LogP contribution in [0.2, 0.25) is 0 Å². The minimum Gasteiger partial charge on any atom is -0.477 e. The molecule has 0 saturated carbocycles. The molecule has 4 heteroatoms. The summed E-state index contributed by atoms with van der Waals surface area (Å²) in [6, 6.07) is 0. The lowest BCUT2D eigenvalue weighted by atomic mass is 10.0. The third-order valence-corrected chi connectivity index (χ3v) is 2.80. The van der Waals surface area contributed by atoms with Crippen LogP contribution in [0.15, 0.2) is 0 Å². The summed E-state index contributed by atoms with van der Waals surface area (Å²) < 4.78 is 1.84. The topological polar surface area (TPSA) is 55.1 Å². The molecule has 2 heterocycles. The van der Waals surface area contributed by atoms with Gasteiger partial charge in [-0.15, -0.1) is 0 Å². The van der Waals surface area contributed by atoms with E-state index in [-0.39, 0.29) is 0 Å². The summed E-state index contributed by atoms with van der Waals surface area (Å²) in [4.78, 5) is 15.3. The van der Waals surface area contributed by atoms with Crippen LogP contribution in [0.3, 0.4) is 0 Å². The number of carboxylic acids is 1. The van der Waals surface area contributed by atoms with Gasteiger partial charge in [0.25, 0.3) is 0 Å². The fourth-order valence-electron chi connectivity index (χ4n) is 2.06. The number of fused-ring (bicyclic) bond motifs is 1. The number of aromatic carboxylic acids is 1. The number of hydrogen-bond acceptors (Lipinski definition) is 2. The molecule has 0 radical (unpaired) electrons. The molecule has 1 aliphatic heterocycles. The lowest BCUT2D eigenvalue weighted by Gasteiger charge is -2.20. The SMILES string of the molecule is Cc1nc2n(c1C(=O)O)CCC(C)C2. The summed E-state index contributed by atoms with van der Waals surface area (Å²) in [6.07, 6.45) is 1.94. The van der Waals surface area contributed by atoms with Gasteiger partial charge in [-0.2, -0.15) is 0 Å². The Hall–Kier alpha value is -1.32. The molecule has 1 atom stereocenters. The minimum absolute atomic E-state index is 0.368. The van der Waals surface area contributed by atoms with Crippen LogP contribution >= 0.6 is 0 Å². The van der Waals surface area contributed by atoms with Crippen LogP contribution in [-0.2, 0) is 13.0 Å². The molecular weight excluding hydrogens is 180 g/mol. The highest BCUT2D eigenvalue weighted by Gasteiger charge is 2.24. The Bertz CT molecular complexity index is 382. The van der Waals surface area contributed by atoms with Crippen LogP contribution in [0.25, 0.3) is 0 Å². The van der Waals surface area contributed by atoms with Crippen LogP contribution in [-0.4, -0.2) is 20.6 Å². The Labute approximate surface area is 82.6 Å². The van der Waals surface area contributed by atoms with E-state index in [9.17, 15) is 4.79 Å². The van der Waals surface area contributed by atoms with Crippen molar-refractivity contribution in [1.82, 2.24) is 9.55 Å². The van der Waals surface area contributed by atoms with Crippen molar-refractivity contribution in [3.63, 3.8) is 0 Å². The number of carboxylic acid groups (broad SMARTS) is 1. The highest BCUT2D eigenvalue weighted by Crippen LogP contribution is 2.22. The zero-order valence-corrected chi connectivity index (χ0v) is 8.45. The summed E-state index contributed by atoms with van der Waals surface area (Å²) in [6.45, 7) is 4.73. The molecule has 0 aromatic carbocycles. The van der Waals surface area contributed by atoms with Gasteiger partial charge in [0.1, 0.15) is 11.5 Å². The lowest BCUT2D eigenvalue weighted by molar-refractivity contribution is 0.0682. The zero-order chi connectivity index (χ0) is 10.3. The first kappa shape index (κ1) is 9.24. The zero-order valence-electron chi connectivity index (χ0n) is 8.45. The Morgan fingerprint density at radius 3 is 3.00 bits per heavy atom. The van der Waals surface area contributed by atoms with E-state index < -0.39 is 5.97 Å². The Morgan fingerprint density at radius 2 is 2.36 bits per heavy atom. The second kappa shape index (κ2) is 3.12. The second-order valence-electron chi connectivity index (χ2n) is 4.02. The van der Waals surface area contributed by atoms with Gasteiger partial charge < -0.3 is 9.67 Å². The van der Waals surface area contributed by atoms with E-state index in [1.807, 2.05) is 4.57 Å². The summed E-state index contributed by atoms with van der Waals surface area (Å²) in [5.74, 6) is 0.681.